The lowest BCUT2D eigenvalue weighted by Gasteiger charge is -2.22. The third kappa shape index (κ3) is 6.49. The van der Waals surface area contributed by atoms with Gasteiger partial charge in [-0.2, -0.15) is 0 Å². The van der Waals surface area contributed by atoms with Crippen LogP contribution in [-0.4, -0.2) is 33.7 Å². The van der Waals surface area contributed by atoms with E-state index in [1.807, 2.05) is 37.3 Å². The maximum Gasteiger partial charge on any atom is 0.232 e. The number of carbonyl (C=O) groups excluding carboxylic acids is 1. The highest BCUT2D eigenvalue weighted by Crippen LogP contribution is 2.24. The summed E-state index contributed by atoms with van der Waals surface area (Å²) in [7, 11) is -3.59. The summed E-state index contributed by atoms with van der Waals surface area (Å²) >= 11 is 5.75. The summed E-state index contributed by atoms with van der Waals surface area (Å²) in [6.07, 6.45) is 1.57. The number of carbonyl (C=O) groups is 1. The number of rotatable bonds is 9. The molecule has 0 saturated carbocycles. The van der Waals surface area contributed by atoms with E-state index in [0.29, 0.717) is 13.0 Å². The highest BCUT2D eigenvalue weighted by molar-refractivity contribution is 7.92. The fourth-order valence-electron chi connectivity index (χ4n) is 2.76. The van der Waals surface area contributed by atoms with Crippen molar-refractivity contribution in [3.05, 3.63) is 64.9 Å². The summed E-state index contributed by atoms with van der Waals surface area (Å²) in [6.45, 7) is 2.63. The average Bonchev–Trinajstić information content (AvgIpc) is 2.65. The molecule has 0 heterocycles. The molecule has 0 aliphatic heterocycles. The van der Waals surface area contributed by atoms with Crippen LogP contribution in [0, 0.1) is 5.82 Å². The predicted octanol–water partition coefficient (Wildman–Crippen LogP) is 3.95. The summed E-state index contributed by atoms with van der Waals surface area (Å²) in [6, 6.07) is 13.6. The number of amides is 1. The smallest absolute Gasteiger partial charge is 0.232 e. The Hall–Kier alpha value is -2.12. The molecule has 2 aromatic carbocycles. The summed E-state index contributed by atoms with van der Waals surface area (Å²) in [5, 5.41) is 2.72. The van der Waals surface area contributed by atoms with Gasteiger partial charge < -0.3 is 5.32 Å². The number of anilines is 1. The molecule has 0 fully saturated rings. The average molecular weight is 427 g/mol. The zero-order valence-corrected chi connectivity index (χ0v) is 17.4. The van der Waals surface area contributed by atoms with Gasteiger partial charge in [-0.25, -0.2) is 12.8 Å². The van der Waals surface area contributed by atoms with Crippen molar-refractivity contribution >= 4 is 33.2 Å². The zero-order valence-electron chi connectivity index (χ0n) is 15.9. The molecule has 0 aliphatic carbocycles. The van der Waals surface area contributed by atoms with Crippen molar-refractivity contribution < 1.29 is 17.6 Å². The van der Waals surface area contributed by atoms with Crippen LogP contribution in [0.4, 0.5) is 10.1 Å². The van der Waals surface area contributed by atoms with Crippen LogP contribution in [0.15, 0.2) is 48.5 Å². The van der Waals surface area contributed by atoms with E-state index in [1.54, 1.807) is 0 Å². The third-order valence-corrected chi connectivity index (χ3v) is 5.81. The van der Waals surface area contributed by atoms with Gasteiger partial charge in [0.05, 0.1) is 17.0 Å². The first-order valence-corrected chi connectivity index (χ1v) is 11.2. The lowest BCUT2D eigenvalue weighted by Crippen LogP contribution is -2.32. The first-order valence-electron chi connectivity index (χ1n) is 8.93. The molecule has 1 atom stereocenters. The second-order valence-electron chi connectivity index (χ2n) is 6.65. The number of nitrogens with one attached hydrogen (secondary N) is 1. The van der Waals surface area contributed by atoms with E-state index in [4.69, 9.17) is 11.6 Å². The minimum Gasteiger partial charge on any atom is -0.356 e. The molecule has 5 nitrogen and oxygen atoms in total. The standard InChI is InChI=1S/C20H24ClFN2O3S/c1-15(16-7-4-3-5-8-16)14-23-20(25)9-6-12-24(28(2,26)27)17-10-11-19(22)18(21)13-17/h3-5,7-8,10-11,13,15H,6,9,12,14H2,1-2H3,(H,23,25). The maximum atomic E-state index is 13.3. The van der Waals surface area contributed by atoms with E-state index in [9.17, 15) is 17.6 Å². The van der Waals surface area contributed by atoms with Gasteiger partial charge in [0.1, 0.15) is 5.82 Å². The van der Waals surface area contributed by atoms with Crippen molar-refractivity contribution in [2.24, 2.45) is 0 Å². The SMILES string of the molecule is CC(CNC(=O)CCCN(c1ccc(F)c(Cl)c1)S(C)(=O)=O)c1ccccc1. The van der Waals surface area contributed by atoms with Gasteiger partial charge in [-0.3, -0.25) is 9.10 Å². The van der Waals surface area contributed by atoms with Crippen molar-refractivity contribution in [3.8, 4) is 0 Å². The number of benzene rings is 2. The maximum absolute atomic E-state index is 13.3. The third-order valence-electron chi connectivity index (χ3n) is 4.33. The van der Waals surface area contributed by atoms with E-state index in [1.165, 1.54) is 12.1 Å². The predicted molar refractivity (Wildman–Crippen MR) is 111 cm³/mol. The van der Waals surface area contributed by atoms with Crippen molar-refractivity contribution in [3.63, 3.8) is 0 Å². The molecule has 0 aromatic heterocycles. The van der Waals surface area contributed by atoms with Gasteiger partial charge >= 0.3 is 0 Å². The van der Waals surface area contributed by atoms with E-state index in [2.05, 4.69) is 5.32 Å². The summed E-state index contributed by atoms with van der Waals surface area (Å²) < 4.78 is 38.6. The number of nitrogens with zero attached hydrogens (tertiary/aromatic N) is 1. The van der Waals surface area contributed by atoms with Crippen LogP contribution in [0.3, 0.4) is 0 Å². The van der Waals surface area contributed by atoms with Gasteiger partial charge in [-0.15, -0.1) is 0 Å². The first kappa shape index (κ1) is 22.2. The Morgan fingerprint density at radius 2 is 1.89 bits per heavy atom. The van der Waals surface area contributed by atoms with Crippen molar-refractivity contribution in [1.29, 1.82) is 0 Å². The summed E-state index contributed by atoms with van der Waals surface area (Å²) in [5.41, 5.74) is 1.41. The van der Waals surface area contributed by atoms with E-state index < -0.39 is 15.8 Å². The zero-order chi connectivity index (χ0) is 20.7. The molecule has 0 radical (unpaired) electrons. The Morgan fingerprint density at radius 3 is 2.50 bits per heavy atom. The fraction of sp³-hybridized carbons (Fsp3) is 0.350. The number of hydrogen-bond acceptors (Lipinski definition) is 3. The Morgan fingerprint density at radius 1 is 1.21 bits per heavy atom. The molecule has 1 unspecified atom stereocenters. The van der Waals surface area contributed by atoms with Gasteiger partial charge in [0.15, 0.2) is 0 Å². The van der Waals surface area contributed by atoms with Crippen LogP contribution < -0.4 is 9.62 Å². The van der Waals surface area contributed by atoms with Crippen LogP contribution in [0.5, 0.6) is 0 Å². The van der Waals surface area contributed by atoms with Gasteiger partial charge in [0.25, 0.3) is 0 Å². The Bertz CT molecular complexity index is 907. The van der Waals surface area contributed by atoms with E-state index in [0.717, 1.165) is 22.2 Å². The number of halogens is 2. The fourth-order valence-corrected chi connectivity index (χ4v) is 3.90. The van der Waals surface area contributed by atoms with Crippen LogP contribution in [-0.2, 0) is 14.8 Å². The van der Waals surface area contributed by atoms with E-state index in [-0.39, 0.29) is 35.5 Å². The van der Waals surface area contributed by atoms with Crippen molar-refractivity contribution in [2.45, 2.75) is 25.7 Å². The van der Waals surface area contributed by atoms with Crippen molar-refractivity contribution in [2.75, 3.05) is 23.7 Å². The second kappa shape index (κ2) is 9.89. The van der Waals surface area contributed by atoms with Gasteiger partial charge in [-0.05, 0) is 36.1 Å². The van der Waals surface area contributed by atoms with E-state index >= 15 is 0 Å². The van der Waals surface area contributed by atoms with Crippen LogP contribution >= 0.6 is 11.6 Å². The van der Waals surface area contributed by atoms with Crippen LogP contribution in [0.1, 0.15) is 31.2 Å². The minimum atomic E-state index is -3.59. The molecule has 0 saturated heterocycles. The summed E-state index contributed by atoms with van der Waals surface area (Å²) in [4.78, 5) is 12.1. The molecular formula is C20H24ClFN2O3S. The Balaban J connectivity index is 1.88. The quantitative estimate of drug-likeness (QED) is 0.660. The lowest BCUT2D eigenvalue weighted by molar-refractivity contribution is -0.121. The second-order valence-corrected chi connectivity index (χ2v) is 8.97. The number of hydrogen-bond donors (Lipinski definition) is 1. The monoisotopic (exact) mass is 426 g/mol. The normalized spacial score (nSPS) is 12.4. The van der Waals surface area contributed by atoms with Crippen LogP contribution in [0.2, 0.25) is 5.02 Å². The Labute approximate surface area is 170 Å². The molecule has 0 aliphatic rings. The molecule has 28 heavy (non-hydrogen) atoms. The van der Waals surface area contributed by atoms with Crippen molar-refractivity contribution in [1.82, 2.24) is 5.32 Å². The molecule has 8 heteroatoms. The molecule has 0 bridgehead atoms. The molecular weight excluding hydrogens is 403 g/mol. The number of sulfonamides is 1. The minimum absolute atomic E-state index is 0.0997. The summed E-state index contributed by atoms with van der Waals surface area (Å²) in [5.74, 6) is -0.585. The highest BCUT2D eigenvalue weighted by atomic mass is 35.5. The Kier molecular flexibility index (Phi) is 7.83. The van der Waals surface area contributed by atoms with Gasteiger partial charge in [-0.1, -0.05) is 48.9 Å². The first-order chi connectivity index (χ1) is 13.2. The largest absolute Gasteiger partial charge is 0.356 e. The van der Waals surface area contributed by atoms with Gasteiger partial charge in [0.2, 0.25) is 15.9 Å². The molecule has 0 spiro atoms. The molecule has 2 rings (SSSR count). The van der Waals surface area contributed by atoms with Crippen LogP contribution in [0.25, 0.3) is 0 Å². The lowest BCUT2D eigenvalue weighted by atomic mass is 10.0. The molecule has 1 N–H and O–H groups in total. The molecule has 152 valence electrons. The molecule has 1 amide bonds. The van der Waals surface area contributed by atoms with Gasteiger partial charge in [0, 0.05) is 19.5 Å². The highest BCUT2D eigenvalue weighted by Gasteiger charge is 2.19. The topological polar surface area (TPSA) is 66.5 Å². The molecule has 2 aromatic rings.